The summed E-state index contributed by atoms with van der Waals surface area (Å²) in [6, 6.07) is 12.5. The number of nitrogens with one attached hydrogen (secondary N) is 1. The van der Waals surface area contributed by atoms with Gasteiger partial charge in [0.2, 0.25) is 0 Å². The van der Waals surface area contributed by atoms with Crippen LogP contribution in [-0.4, -0.2) is 14.8 Å². The van der Waals surface area contributed by atoms with Crippen LogP contribution in [0, 0.1) is 27.7 Å². The number of aromatic nitrogens is 3. The molecule has 4 heteroatoms. The molecule has 3 aromatic rings. The molecular weight excluding hydrogens is 296 g/mol. The van der Waals surface area contributed by atoms with E-state index >= 15 is 0 Å². The third-order valence-corrected chi connectivity index (χ3v) is 4.37. The Morgan fingerprint density at radius 2 is 1.75 bits per heavy atom. The normalized spacial score (nSPS) is 11.0. The van der Waals surface area contributed by atoms with Crippen molar-refractivity contribution < 1.29 is 0 Å². The topological polar surface area (TPSA) is 42.7 Å². The first kappa shape index (κ1) is 16.4. The van der Waals surface area contributed by atoms with Gasteiger partial charge in [-0.2, -0.15) is 5.10 Å². The highest BCUT2D eigenvalue weighted by atomic mass is 15.3. The minimum absolute atomic E-state index is 0.759. The molecule has 4 nitrogen and oxygen atoms in total. The van der Waals surface area contributed by atoms with Crippen LogP contribution in [0.15, 0.2) is 42.6 Å². The highest BCUT2D eigenvalue weighted by Gasteiger charge is 2.13. The number of para-hydroxylation sites is 1. The predicted octanol–water partition coefficient (Wildman–Crippen LogP) is 3.79. The van der Waals surface area contributed by atoms with Gasteiger partial charge in [0, 0.05) is 30.5 Å². The van der Waals surface area contributed by atoms with Crippen LogP contribution in [0.5, 0.6) is 0 Å². The SMILES string of the molecule is Cc1ccc(CNCc2c(C)nn(-c3ccccc3C)c2C)nc1. The molecule has 0 bridgehead atoms. The molecule has 0 saturated heterocycles. The van der Waals surface area contributed by atoms with Gasteiger partial charge in [0.25, 0.3) is 0 Å². The van der Waals surface area contributed by atoms with Gasteiger partial charge in [-0.25, -0.2) is 4.68 Å². The van der Waals surface area contributed by atoms with Crippen LogP contribution in [0.2, 0.25) is 0 Å². The summed E-state index contributed by atoms with van der Waals surface area (Å²) in [6.45, 7) is 9.92. The number of aryl methyl sites for hydroxylation is 3. The van der Waals surface area contributed by atoms with E-state index in [0.29, 0.717) is 0 Å². The van der Waals surface area contributed by atoms with Crippen molar-refractivity contribution in [1.29, 1.82) is 0 Å². The summed E-state index contributed by atoms with van der Waals surface area (Å²) in [5.41, 5.74) is 8.12. The van der Waals surface area contributed by atoms with Crippen LogP contribution in [0.3, 0.4) is 0 Å². The van der Waals surface area contributed by atoms with Crippen LogP contribution < -0.4 is 5.32 Å². The largest absolute Gasteiger partial charge is 0.307 e. The lowest BCUT2D eigenvalue weighted by molar-refractivity contribution is 0.674. The van der Waals surface area contributed by atoms with Crippen molar-refractivity contribution in [3.8, 4) is 5.69 Å². The fourth-order valence-electron chi connectivity index (χ4n) is 2.89. The van der Waals surface area contributed by atoms with Gasteiger partial charge in [0.1, 0.15) is 0 Å². The smallest absolute Gasteiger partial charge is 0.0678 e. The standard InChI is InChI=1S/C20H24N4/c1-14-9-10-18(22-11-14)12-21-13-19-16(3)23-24(17(19)4)20-8-6-5-7-15(20)2/h5-11,21H,12-13H2,1-4H3. The molecule has 0 unspecified atom stereocenters. The molecule has 124 valence electrons. The van der Waals surface area contributed by atoms with Crippen LogP contribution in [0.4, 0.5) is 0 Å². The molecule has 24 heavy (non-hydrogen) atoms. The summed E-state index contributed by atoms with van der Waals surface area (Å²) in [7, 11) is 0. The minimum Gasteiger partial charge on any atom is -0.307 e. The van der Waals surface area contributed by atoms with Crippen molar-refractivity contribution >= 4 is 0 Å². The van der Waals surface area contributed by atoms with E-state index in [1.165, 1.54) is 22.4 Å². The molecule has 0 saturated carbocycles. The van der Waals surface area contributed by atoms with Gasteiger partial charge < -0.3 is 5.32 Å². The molecule has 0 aliphatic heterocycles. The third kappa shape index (κ3) is 3.39. The van der Waals surface area contributed by atoms with Crippen molar-refractivity contribution in [3.05, 3.63) is 76.4 Å². The summed E-state index contributed by atoms with van der Waals surface area (Å²) >= 11 is 0. The average Bonchev–Trinajstić information content (AvgIpc) is 2.85. The number of rotatable bonds is 5. The highest BCUT2D eigenvalue weighted by molar-refractivity contribution is 5.42. The van der Waals surface area contributed by atoms with E-state index in [-0.39, 0.29) is 0 Å². The Morgan fingerprint density at radius 1 is 0.958 bits per heavy atom. The van der Waals surface area contributed by atoms with Crippen molar-refractivity contribution in [2.75, 3.05) is 0 Å². The second-order valence-corrected chi connectivity index (χ2v) is 6.28. The number of benzene rings is 1. The van der Waals surface area contributed by atoms with Crippen LogP contribution in [-0.2, 0) is 13.1 Å². The maximum absolute atomic E-state index is 4.74. The molecule has 0 fully saturated rings. The van der Waals surface area contributed by atoms with Crippen LogP contribution in [0.1, 0.15) is 33.8 Å². The Balaban J connectivity index is 1.75. The van der Waals surface area contributed by atoms with E-state index in [2.05, 4.69) is 74.4 Å². The van der Waals surface area contributed by atoms with Gasteiger partial charge in [-0.05, 0) is 51.0 Å². The quantitative estimate of drug-likeness (QED) is 0.778. The molecule has 1 aromatic carbocycles. The second kappa shape index (κ2) is 6.97. The average molecular weight is 320 g/mol. The number of pyridine rings is 1. The Hall–Kier alpha value is -2.46. The van der Waals surface area contributed by atoms with Crippen LogP contribution >= 0.6 is 0 Å². The predicted molar refractivity (Wildman–Crippen MR) is 97.3 cm³/mol. The summed E-state index contributed by atoms with van der Waals surface area (Å²) in [5.74, 6) is 0. The number of hydrogen-bond donors (Lipinski definition) is 1. The van der Waals surface area contributed by atoms with E-state index in [0.717, 1.165) is 30.2 Å². The minimum atomic E-state index is 0.759. The first-order chi connectivity index (χ1) is 11.6. The Morgan fingerprint density at radius 3 is 2.46 bits per heavy atom. The monoisotopic (exact) mass is 320 g/mol. The zero-order valence-corrected chi connectivity index (χ0v) is 14.8. The fourth-order valence-corrected chi connectivity index (χ4v) is 2.89. The summed E-state index contributed by atoms with van der Waals surface area (Å²) in [4.78, 5) is 4.44. The lowest BCUT2D eigenvalue weighted by atomic mass is 10.1. The molecule has 2 heterocycles. The van der Waals surface area contributed by atoms with Gasteiger partial charge in [0.15, 0.2) is 0 Å². The van der Waals surface area contributed by atoms with E-state index in [9.17, 15) is 0 Å². The number of nitrogens with zero attached hydrogens (tertiary/aromatic N) is 3. The maximum atomic E-state index is 4.74. The van der Waals surface area contributed by atoms with Gasteiger partial charge in [-0.15, -0.1) is 0 Å². The molecule has 2 aromatic heterocycles. The molecule has 0 aliphatic rings. The molecule has 3 rings (SSSR count). The van der Waals surface area contributed by atoms with Gasteiger partial charge in [-0.1, -0.05) is 24.3 Å². The lowest BCUT2D eigenvalue weighted by Crippen LogP contribution is -2.15. The van der Waals surface area contributed by atoms with E-state index in [1.54, 1.807) is 0 Å². The molecule has 0 amide bonds. The van der Waals surface area contributed by atoms with Crippen molar-refractivity contribution in [2.45, 2.75) is 40.8 Å². The van der Waals surface area contributed by atoms with E-state index in [4.69, 9.17) is 5.10 Å². The Bertz CT molecular complexity index is 831. The first-order valence-corrected chi connectivity index (χ1v) is 8.29. The van der Waals surface area contributed by atoms with Gasteiger partial charge >= 0.3 is 0 Å². The first-order valence-electron chi connectivity index (χ1n) is 8.29. The maximum Gasteiger partial charge on any atom is 0.0678 e. The zero-order chi connectivity index (χ0) is 17.1. The third-order valence-electron chi connectivity index (χ3n) is 4.37. The van der Waals surface area contributed by atoms with E-state index in [1.807, 2.05) is 10.9 Å². The molecule has 0 radical (unpaired) electrons. The van der Waals surface area contributed by atoms with Gasteiger partial charge in [-0.3, -0.25) is 4.98 Å². The summed E-state index contributed by atoms with van der Waals surface area (Å²) < 4.78 is 2.05. The molecular formula is C20H24N4. The lowest BCUT2D eigenvalue weighted by Gasteiger charge is -2.09. The molecule has 0 aliphatic carbocycles. The van der Waals surface area contributed by atoms with Crippen molar-refractivity contribution in [2.24, 2.45) is 0 Å². The summed E-state index contributed by atoms with van der Waals surface area (Å²) in [6.07, 6.45) is 1.91. The number of hydrogen-bond acceptors (Lipinski definition) is 3. The Kier molecular flexibility index (Phi) is 4.76. The fraction of sp³-hybridized carbons (Fsp3) is 0.300. The Labute approximate surface area is 143 Å². The molecule has 0 atom stereocenters. The van der Waals surface area contributed by atoms with Gasteiger partial charge in [0.05, 0.1) is 17.1 Å². The van der Waals surface area contributed by atoms with Crippen molar-refractivity contribution in [3.63, 3.8) is 0 Å². The highest BCUT2D eigenvalue weighted by Crippen LogP contribution is 2.20. The molecule has 1 N–H and O–H groups in total. The molecule has 0 spiro atoms. The van der Waals surface area contributed by atoms with E-state index < -0.39 is 0 Å². The second-order valence-electron chi connectivity index (χ2n) is 6.28. The van der Waals surface area contributed by atoms with Crippen LogP contribution in [0.25, 0.3) is 5.69 Å². The summed E-state index contributed by atoms with van der Waals surface area (Å²) in [5, 5.41) is 8.22. The zero-order valence-electron chi connectivity index (χ0n) is 14.8. The van der Waals surface area contributed by atoms with Crippen molar-refractivity contribution in [1.82, 2.24) is 20.1 Å².